The highest BCUT2D eigenvalue weighted by Crippen LogP contribution is 2.25. The Hall–Kier alpha value is -2.59. The van der Waals surface area contributed by atoms with Crippen molar-refractivity contribution in [2.45, 2.75) is 19.8 Å². The highest BCUT2D eigenvalue weighted by Gasteiger charge is 2.22. The molecule has 1 heterocycles. The summed E-state index contributed by atoms with van der Waals surface area (Å²) in [6, 6.07) is 18.4. The van der Waals surface area contributed by atoms with Gasteiger partial charge in [-0.15, -0.1) is 0 Å². The fourth-order valence-electron chi connectivity index (χ4n) is 3.76. The summed E-state index contributed by atoms with van der Waals surface area (Å²) < 4.78 is 5.38. The minimum absolute atomic E-state index is 0.0360. The van der Waals surface area contributed by atoms with Crippen LogP contribution in [0.25, 0.3) is 5.57 Å². The van der Waals surface area contributed by atoms with Crippen molar-refractivity contribution in [2.24, 2.45) is 5.92 Å². The van der Waals surface area contributed by atoms with Gasteiger partial charge in [0.25, 0.3) is 0 Å². The first-order valence-corrected chi connectivity index (χ1v) is 10.0. The van der Waals surface area contributed by atoms with Crippen LogP contribution in [0, 0.1) is 5.92 Å². The zero-order valence-electron chi connectivity index (χ0n) is 16.9. The summed E-state index contributed by atoms with van der Waals surface area (Å²) in [6.07, 6.45) is 3.89. The second-order valence-electron chi connectivity index (χ2n) is 7.46. The Morgan fingerprint density at radius 2 is 1.93 bits per heavy atom. The lowest BCUT2D eigenvalue weighted by Crippen LogP contribution is -2.30. The van der Waals surface area contributed by atoms with E-state index in [1.165, 1.54) is 5.56 Å². The first-order valence-electron chi connectivity index (χ1n) is 10.0. The average molecular weight is 379 g/mol. The third-order valence-electron chi connectivity index (χ3n) is 5.37. The molecule has 1 N–H and O–H groups in total. The summed E-state index contributed by atoms with van der Waals surface area (Å²) in [5.74, 6) is 1.28. The standard InChI is InChI=1S/C24H30N2O2/c1-19(22-10-6-7-11-23(22)28-2)16-24(27)25-17-21-13-15-26(18-21)14-12-20-8-4-3-5-9-20/h3-11,16,21H,12-15,17-18H2,1-2H3,(H,25,27). The molecular formula is C24H30N2O2. The molecule has 0 saturated carbocycles. The van der Waals surface area contributed by atoms with E-state index in [1.54, 1.807) is 13.2 Å². The molecule has 1 fully saturated rings. The number of hydrogen-bond acceptors (Lipinski definition) is 3. The molecule has 1 aliphatic heterocycles. The van der Waals surface area contributed by atoms with Crippen LogP contribution in [0.4, 0.5) is 0 Å². The largest absolute Gasteiger partial charge is 0.496 e. The Bertz CT molecular complexity index is 801. The topological polar surface area (TPSA) is 41.6 Å². The molecule has 3 rings (SSSR count). The number of carbonyl (C=O) groups is 1. The number of ether oxygens (including phenoxy) is 1. The molecule has 1 aliphatic rings. The van der Waals surface area contributed by atoms with Gasteiger partial charge in [0.1, 0.15) is 5.75 Å². The van der Waals surface area contributed by atoms with Crippen molar-refractivity contribution in [2.75, 3.05) is 33.3 Å². The number of nitrogens with zero attached hydrogens (tertiary/aromatic N) is 1. The van der Waals surface area contributed by atoms with Crippen molar-refractivity contribution in [1.82, 2.24) is 10.2 Å². The van der Waals surface area contributed by atoms with Crippen LogP contribution in [0.15, 0.2) is 60.7 Å². The predicted molar refractivity (Wildman–Crippen MR) is 114 cm³/mol. The molecule has 0 spiro atoms. The third kappa shape index (κ3) is 5.70. The lowest BCUT2D eigenvalue weighted by atomic mass is 10.1. The molecule has 148 valence electrons. The Balaban J connectivity index is 1.43. The van der Waals surface area contributed by atoms with E-state index in [0.717, 1.165) is 55.9 Å². The molecule has 2 aromatic carbocycles. The number of para-hydroxylation sites is 1. The normalized spacial score (nSPS) is 17.5. The summed E-state index contributed by atoms with van der Waals surface area (Å²) in [6.45, 7) is 5.93. The van der Waals surface area contributed by atoms with Crippen molar-refractivity contribution >= 4 is 11.5 Å². The Kier molecular flexibility index (Phi) is 7.26. The van der Waals surface area contributed by atoms with Gasteiger partial charge in [-0.25, -0.2) is 0 Å². The number of carbonyl (C=O) groups excluding carboxylic acids is 1. The van der Waals surface area contributed by atoms with Gasteiger partial charge in [0, 0.05) is 31.3 Å². The lowest BCUT2D eigenvalue weighted by Gasteiger charge is -2.16. The SMILES string of the molecule is COc1ccccc1C(C)=CC(=O)NCC1CCN(CCc2ccccc2)C1. The van der Waals surface area contributed by atoms with Crippen LogP contribution in [0.5, 0.6) is 5.75 Å². The second-order valence-corrected chi connectivity index (χ2v) is 7.46. The monoisotopic (exact) mass is 378 g/mol. The van der Waals surface area contributed by atoms with E-state index in [1.807, 2.05) is 31.2 Å². The quantitative estimate of drug-likeness (QED) is 0.711. The van der Waals surface area contributed by atoms with E-state index in [2.05, 4.69) is 40.5 Å². The summed E-state index contributed by atoms with van der Waals surface area (Å²) in [4.78, 5) is 14.8. The van der Waals surface area contributed by atoms with Crippen LogP contribution in [-0.2, 0) is 11.2 Å². The number of benzene rings is 2. The molecule has 1 unspecified atom stereocenters. The maximum atomic E-state index is 12.3. The van der Waals surface area contributed by atoms with Crippen molar-refractivity contribution < 1.29 is 9.53 Å². The van der Waals surface area contributed by atoms with Crippen molar-refractivity contribution in [3.05, 3.63) is 71.8 Å². The van der Waals surface area contributed by atoms with Gasteiger partial charge in [-0.1, -0.05) is 48.5 Å². The van der Waals surface area contributed by atoms with Crippen LogP contribution in [0.3, 0.4) is 0 Å². The molecule has 28 heavy (non-hydrogen) atoms. The number of likely N-dealkylation sites (tertiary alicyclic amines) is 1. The fourth-order valence-corrected chi connectivity index (χ4v) is 3.76. The molecule has 1 atom stereocenters. The maximum Gasteiger partial charge on any atom is 0.244 e. The number of rotatable bonds is 8. The van der Waals surface area contributed by atoms with Crippen LogP contribution < -0.4 is 10.1 Å². The van der Waals surface area contributed by atoms with Crippen molar-refractivity contribution in [3.63, 3.8) is 0 Å². The van der Waals surface area contributed by atoms with Gasteiger partial charge in [-0.05, 0) is 49.4 Å². The van der Waals surface area contributed by atoms with Gasteiger partial charge in [0.2, 0.25) is 5.91 Å². The van der Waals surface area contributed by atoms with E-state index in [0.29, 0.717) is 5.92 Å². The molecule has 1 saturated heterocycles. The zero-order valence-corrected chi connectivity index (χ0v) is 16.9. The summed E-state index contributed by atoms with van der Waals surface area (Å²) in [5.41, 5.74) is 3.25. The van der Waals surface area contributed by atoms with Gasteiger partial charge in [-0.2, -0.15) is 0 Å². The molecule has 1 amide bonds. The summed E-state index contributed by atoms with van der Waals surface area (Å²) in [7, 11) is 1.65. The van der Waals surface area contributed by atoms with E-state index in [-0.39, 0.29) is 5.91 Å². The highest BCUT2D eigenvalue weighted by molar-refractivity contribution is 5.95. The van der Waals surface area contributed by atoms with Crippen LogP contribution >= 0.6 is 0 Å². The maximum absolute atomic E-state index is 12.3. The van der Waals surface area contributed by atoms with Crippen molar-refractivity contribution in [1.29, 1.82) is 0 Å². The van der Waals surface area contributed by atoms with Crippen LogP contribution in [0.1, 0.15) is 24.5 Å². The van der Waals surface area contributed by atoms with Gasteiger partial charge >= 0.3 is 0 Å². The minimum Gasteiger partial charge on any atom is -0.496 e. The second kappa shape index (κ2) is 10.1. The minimum atomic E-state index is -0.0360. The first-order chi connectivity index (χ1) is 13.7. The predicted octanol–water partition coefficient (Wildman–Crippen LogP) is 3.78. The lowest BCUT2D eigenvalue weighted by molar-refractivity contribution is -0.116. The smallest absolute Gasteiger partial charge is 0.244 e. The molecular weight excluding hydrogens is 348 g/mol. The molecule has 0 bridgehead atoms. The van der Waals surface area contributed by atoms with E-state index < -0.39 is 0 Å². The fraction of sp³-hybridized carbons (Fsp3) is 0.375. The Labute approximate surface area is 168 Å². The Morgan fingerprint density at radius 3 is 2.71 bits per heavy atom. The number of allylic oxidation sites excluding steroid dienone is 1. The molecule has 4 heteroatoms. The average Bonchev–Trinajstić information content (AvgIpc) is 3.19. The van der Waals surface area contributed by atoms with Gasteiger partial charge in [0.15, 0.2) is 0 Å². The molecule has 0 aliphatic carbocycles. The van der Waals surface area contributed by atoms with Crippen molar-refractivity contribution in [3.8, 4) is 5.75 Å². The molecule has 0 radical (unpaired) electrons. The highest BCUT2D eigenvalue weighted by atomic mass is 16.5. The van der Waals surface area contributed by atoms with E-state index in [9.17, 15) is 4.79 Å². The van der Waals surface area contributed by atoms with E-state index >= 15 is 0 Å². The number of methoxy groups -OCH3 is 1. The van der Waals surface area contributed by atoms with Crippen LogP contribution in [0.2, 0.25) is 0 Å². The zero-order chi connectivity index (χ0) is 19.8. The van der Waals surface area contributed by atoms with Gasteiger partial charge < -0.3 is 15.0 Å². The van der Waals surface area contributed by atoms with Gasteiger partial charge in [0.05, 0.1) is 7.11 Å². The third-order valence-corrected chi connectivity index (χ3v) is 5.37. The molecule has 2 aromatic rings. The van der Waals surface area contributed by atoms with E-state index in [4.69, 9.17) is 4.74 Å². The summed E-state index contributed by atoms with van der Waals surface area (Å²) >= 11 is 0. The Morgan fingerprint density at radius 1 is 1.18 bits per heavy atom. The van der Waals surface area contributed by atoms with Crippen LogP contribution in [-0.4, -0.2) is 44.1 Å². The van der Waals surface area contributed by atoms with Gasteiger partial charge in [-0.3, -0.25) is 4.79 Å². The number of amides is 1. The number of hydrogen-bond donors (Lipinski definition) is 1. The number of nitrogens with one attached hydrogen (secondary N) is 1. The summed E-state index contributed by atoms with van der Waals surface area (Å²) in [5, 5.41) is 3.07. The molecule has 0 aromatic heterocycles. The molecule has 4 nitrogen and oxygen atoms in total. The first kappa shape index (κ1) is 20.2.